The lowest BCUT2D eigenvalue weighted by Gasteiger charge is -2.28. The molecular weight excluding hydrogens is 434 g/mol. The van der Waals surface area contributed by atoms with Gasteiger partial charge in [0.1, 0.15) is 5.75 Å². The van der Waals surface area contributed by atoms with Crippen LogP contribution in [0.25, 0.3) is 0 Å². The van der Waals surface area contributed by atoms with Crippen molar-refractivity contribution in [1.82, 2.24) is 10.2 Å². The third-order valence-electron chi connectivity index (χ3n) is 6.31. The highest BCUT2D eigenvalue weighted by atomic mass is 16.5. The van der Waals surface area contributed by atoms with Crippen LogP contribution in [0.2, 0.25) is 0 Å². The van der Waals surface area contributed by atoms with Gasteiger partial charge < -0.3 is 20.3 Å². The second-order valence-electron chi connectivity index (χ2n) is 8.75. The Balaban J connectivity index is 1.42. The monoisotopic (exact) mass is 467 g/mol. The zero-order valence-corrected chi connectivity index (χ0v) is 20.3. The first-order valence-corrected chi connectivity index (χ1v) is 12.3. The predicted octanol–water partition coefficient (Wildman–Crippen LogP) is 5.49. The van der Waals surface area contributed by atoms with E-state index in [0.717, 1.165) is 50.0 Å². The third kappa shape index (κ3) is 7.11. The van der Waals surface area contributed by atoms with Crippen LogP contribution < -0.4 is 15.4 Å². The van der Waals surface area contributed by atoms with Crippen molar-refractivity contribution >= 4 is 11.7 Å². The van der Waals surface area contributed by atoms with Crippen molar-refractivity contribution in [3.8, 4) is 17.6 Å². The molecule has 0 saturated carbocycles. The summed E-state index contributed by atoms with van der Waals surface area (Å²) in [5.74, 6) is 7.46. The predicted molar refractivity (Wildman–Crippen MR) is 142 cm³/mol. The Morgan fingerprint density at radius 3 is 2.40 bits per heavy atom. The van der Waals surface area contributed by atoms with Crippen molar-refractivity contribution in [3.63, 3.8) is 0 Å². The van der Waals surface area contributed by atoms with Gasteiger partial charge in [-0.25, -0.2) is 4.79 Å². The summed E-state index contributed by atoms with van der Waals surface area (Å²) in [4.78, 5) is 15.0. The highest BCUT2D eigenvalue weighted by Crippen LogP contribution is 2.25. The van der Waals surface area contributed by atoms with Crippen LogP contribution in [0.1, 0.15) is 41.9 Å². The summed E-state index contributed by atoms with van der Waals surface area (Å²) in [5.41, 5.74) is 3.98. The molecule has 2 amide bonds. The van der Waals surface area contributed by atoms with Crippen LogP contribution in [-0.2, 0) is 0 Å². The number of urea groups is 1. The first-order valence-electron chi connectivity index (χ1n) is 12.3. The van der Waals surface area contributed by atoms with Gasteiger partial charge in [-0.1, -0.05) is 54.3 Å². The van der Waals surface area contributed by atoms with Gasteiger partial charge in [0.15, 0.2) is 0 Å². The van der Waals surface area contributed by atoms with E-state index < -0.39 is 0 Å². The molecule has 5 nitrogen and oxygen atoms in total. The smallest absolute Gasteiger partial charge is 0.321 e. The lowest BCUT2D eigenvalue weighted by atomic mass is 9.94. The number of nitrogens with one attached hydrogen (secondary N) is 2. The van der Waals surface area contributed by atoms with E-state index in [1.807, 2.05) is 59.5 Å². The van der Waals surface area contributed by atoms with Crippen molar-refractivity contribution in [3.05, 3.63) is 95.6 Å². The molecule has 2 N–H and O–H groups in total. The molecule has 3 aromatic carbocycles. The fourth-order valence-corrected chi connectivity index (χ4v) is 4.29. The van der Waals surface area contributed by atoms with Crippen LogP contribution in [-0.4, -0.2) is 44.2 Å². The molecule has 1 atom stereocenters. The number of carbonyl (C=O) groups excluding carboxylic acids is 1. The molecule has 0 unspecified atom stereocenters. The maximum atomic E-state index is 13.1. The van der Waals surface area contributed by atoms with Crippen LogP contribution in [0.15, 0.2) is 78.9 Å². The summed E-state index contributed by atoms with van der Waals surface area (Å²) in [6, 6.07) is 26.0. The van der Waals surface area contributed by atoms with Gasteiger partial charge in [0.05, 0.1) is 12.8 Å². The summed E-state index contributed by atoms with van der Waals surface area (Å²) >= 11 is 0. The minimum Gasteiger partial charge on any atom is -0.495 e. The summed E-state index contributed by atoms with van der Waals surface area (Å²) in [7, 11) is 1.62. The van der Waals surface area contributed by atoms with E-state index in [1.54, 1.807) is 7.11 Å². The largest absolute Gasteiger partial charge is 0.495 e. The van der Waals surface area contributed by atoms with Crippen LogP contribution in [0.4, 0.5) is 10.5 Å². The lowest BCUT2D eigenvalue weighted by molar-refractivity contribution is 0.206. The molecule has 1 saturated heterocycles. The molecule has 3 aromatic rings. The Bertz CT molecular complexity index is 1150. The van der Waals surface area contributed by atoms with E-state index in [1.165, 1.54) is 5.56 Å². The molecule has 4 rings (SSSR count). The molecule has 0 bridgehead atoms. The number of methoxy groups -OCH3 is 1. The van der Waals surface area contributed by atoms with Gasteiger partial charge in [0, 0.05) is 30.8 Å². The van der Waals surface area contributed by atoms with Gasteiger partial charge in [-0.2, -0.15) is 0 Å². The van der Waals surface area contributed by atoms with E-state index in [0.29, 0.717) is 23.9 Å². The van der Waals surface area contributed by atoms with Crippen LogP contribution in [0, 0.1) is 11.8 Å². The highest BCUT2D eigenvalue weighted by molar-refractivity contribution is 5.91. The first kappa shape index (κ1) is 24.4. The average Bonchev–Trinajstić information content (AvgIpc) is 2.91. The standard InChI is InChI=1S/C30H33N3O2/c1-35-29-12-6-5-11-28(29)32-30(34)33-21-8-7-20-31-23-27(19-22-33)26-17-15-25(16-18-26)14-13-24-9-3-2-4-10-24/h2-6,9-12,15-18,27,31H,7-8,19-23H2,1H3,(H,32,34)/t27-/m1/s1. The number of para-hydroxylation sites is 2. The Morgan fingerprint density at radius 1 is 0.914 bits per heavy atom. The van der Waals surface area contributed by atoms with Crippen LogP contribution in [0.3, 0.4) is 0 Å². The number of hydrogen-bond acceptors (Lipinski definition) is 3. The number of hydrogen-bond donors (Lipinski definition) is 2. The van der Waals surface area contributed by atoms with Gasteiger partial charge in [-0.15, -0.1) is 0 Å². The van der Waals surface area contributed by atoms with E-state index in [-0.39, 0.29) is 6.03 Å². The maximum Gasteiger partial charge on any atom is 0.321 e. The summed E-state index contributed by atoms with van der Waals surface area (Å²) < 4.78 is 5.39. The molecule has 35 heavy (non-hydrogen) atoms. The maximum absolute atomic E-state index is 13.1. The van der Waals surface area contributed by atoms with E-state index in [9.17, 15) is 4.79 Å². The Hall–Kier alpha value is -3.75. The van der Waals surface area contributed by atoms with Crippen molar-refractivity contribution in [2.75, 3.05) is 38.6 Å². The molecule has 1 fully saturated rings. The molecule has 0 radical (unpaired) electrons. The minimum absolute atomic E-state index is 0.0756. The number of anilines is 1. The number of carbonyl (C=O) groups is 1. The van der Waals surface area contributed by atoms with Gasteiger partial charge in [0.2, 0.25) is 0 Å². The number of amides is 2. The average molecular weight is 468 g/mol. The second kappa shape index (κ2) is 12.6. The van der Waals surface area contributed by atoms with Gasteiger partial charge in [-0.05, 0) is 73.7 Å². The zero-order valence-electron chi connectivity index (χ0n) is 20.3. The van der Waals surface area contributed by atoms with Gasteiger partial charge >= 0.3 is 6.03 Å². The quantitative estimate of drug-likeness (QED) is 0.501. The minimum atomic E-state index is -0.0756. The first-order chi connectivity index (χ1) is 17.2. The van der Waals surface area contributed by atoms with Crippen molar-refractivity contribution in [2.24, 2.45) is 0 Å². The third-order valence-corrected chi connectivity index (χ3v) is 6.31. The van der Waals surface area contributed by atoms with E-state index in [2.05, 4.69) is 46.7 Å². The molecule has 5 heteroatoms. The number of ether oxygens (including phenoxy) is 1. The van der Waals surface area contributed by atoms with E-state index >= 15 is 0 Å². The van der Waals surface area contributed by atoms with Gasteiger partial charge in [0.25, 0.3) is 0 Å². The Labute approximate surface area is 208 Å². The van der Waals surface area contributed by atoms with Gasteiger partial charge in [-0.3, -0.25) is 0 Å². The van der Waals surface area contributed by atoms with Crippen LogP contribution in [0.5, 0.6) is 5.75 Å². The Morgan fingerprint density at radius 2 is 1.63 bits per heavy atom. The second-order valence-corrected chi connectivity index (χ2v) is 8.75. The normalized spacial score (nSPS) is 16.5. The summed E-state index contributed by atoms with van der Waals surface area (Å²) in [5, 5.41) is 6.64. The molecule has 0 spiro atoms. The molecule has 1 aliphatic rings. The fraction of sp³-hybridized carbons (Fsp3) is 0.300. The van der Waals surface area contributed by atoms with Crippen molar-refractivity contribution in [2.45, 2.75) is 25.2 Å². The number of rotatable bonds is 3. The van der Waals surface area contributed by atoms with Crippen molar-refractivity contribution < 1.29 is 9.53 Å². The molecule has 0 aromatic heterocycles. The molecule has 1 aliphatic heterocycles. The lowest BCUT2D eigenvalue weighted by Crippen LogP contribution is -2.39. The molecular formula is C30H33N3O2. The number of nitrogens with zero attached hydrogens (tertiary/aromatic N) is 1. The molecule has 1 heterocycles. The fourth-order valence-electron chi connectivity index (χ4n) is 4.29. The summed E-state index contributed by atoms with van der Waals surface area (Å²) in [6.45, 7) is 3.29. The topological polar surface area (TPSA) is 53.6 Å². The SMILES string of the molecule is COc1ccccc1NC(=O)N1CCCCNC[C@H](c2ccc(C#Cc3ccccc3)cc2)CC1. The molecule has 0 aliphatic carbocycles. The van der Waals surface area contributed by atoms with Crippen molar-refractivity contribution in [1.29, 1.82) is 0 Å². The zero-order chi connectivity index (χ0) is 24.3. The number of benzene rings is 3. The molecule has 180 valence electrons. The summed E-state index contributed by atoms with van der Waals surface area (Å²) in [6.07, 6.45) is 2.91. The van der Waals surface area contributed by atoms with Crippen LogP contribution >= 0.6 is 0 Å². The highest BCUT2D eigenvalue weighted by Gasteiger charge is 2.19. The van der Waals surface area contributed by atoms with E-state index in [4.69, 9.17) is 4.74 Å². The Kier molecular flexibility index (Phi) is 8.80.